The molecule has 8 nitrogen and oxygen atoms in total. The van der Waals surface area contributed by atoms with Gasteiger partial charge in [-0.1, -0.05) is 95.0 Å². The molecule has 9 heteroatoms. The Kier molecular flexibility index (Phi) is 13.7. The molecule has 3 rings (SSSR count). The molecule has 2 amide bonds. The van der Waals surface area contributed by atoms with Gasteiger partial charge in [-0.15, -0.1) is 11.8 Å². The van der Waals surface area contributed by atoms with Gasteiger partial charge >= 0.3 is 6.09 Å². The van der Waals surface area contributed by atoms with Crippen LogP contribution in [0.25, 0.3) is 0 Å². The molecule has 0 spiro atoms. The van der Waals surface area contributed by atoms with Crippen LogP contribution in [0.1, 0.15) is 83.1 Å². The van der Waals surface area contributed by atoms with Gasteiger partial charge in [-0.2, -0.15) is 0 Å². The van der Waals surface area contributed by atoms with Crippen LogP contribution in [0.4, 0.5) is 4.79 Å². The number of hydrogen-bond donors (Lipinski definition) is 3. The summed E-state index contributed by atoms with van der Waals surface area (Å²) in [5.41, 5.74) is 0.927. The van der Waals surface area contributed by atoms with Crippen LogP contribution >= 0.6 is 11.8 Å². The second kappa shape index (κ2) is 17.0. The summed E-state index contributed by atoms with van der Waals surface area (Å²) in [7, 11) is 0. The van der Waals surface area contributed by atoms with Crippen molar-refractivity contribution < 1.29 is 29.3 Å². The fourth-order valence-electron chi connectivity index (χ4n) is 5.09. The Labute approximate surface area is 231 Å². The Bertz CT molecular complexity index is 829. The molecule has 0 radical (unpaired) electrons. The van der Waals surface area contributed by atoms with Gasteiger partial charge in [0.15, 0.2) is 0 Å². The van der Waals surface area contributed by atoms with E-state index in [0.29, 0.717) is 12.3 Å². The normalized spacial score (nSPS) is 24.8. The van der Waals surface area contributed by atoms with E-state index >= 15 is 0 Å². The lowest BCUT2D eigenvalue weighted by molar-refractivity contribution is -0.157. The maximum Gasteiger partial charge on any atom is 0.411 e. The third-order valence-electron chi connectivity index (χ3n) is 7.33. The number of benzene rings is 1. The fourth-order valence-corrected chi connectivity index (χ4v) is 6.39. The summed E-state index contributed by atoms with van der Waals surface area (Å²) in [6.07, 6.45) is 9.25. The number of hydrogen-bond acceptors (Lipinski definition) is 7. The minimum absolute atomic E-state index is 0.0313. The van der Waals surface area contributed by atoms with Gasteiger partial charge in [0.2, 0.25) is 5.91 Å². The zero-order valence-electron chi connectivity index (χ0n) is 22.8. The average Bonchev–Trinajstić information content (AvgIpc) is 3.31. The molecule has 3 N–H and O–H groups in total. The van der Waals surface area contributed by atoms with Gasteiger partial charge in [-0.3, -0.25) is 9.69 Å². The van der Waals surface area contributed by atoms with Crippen LogP contribution in [0.3, 0.4) is 0 Å². The summed E-state index contributed by atoms with van der Waals surface area (Å²) in [5, 5.41) is 24.2. The van der Waals surface area contributed by atoms with E-state index in [2.05, 4.69) is 12.2 Å². The number of carbonyl (C=O) groups is 2. The van der Waals surface area contributed by atoms with E-state index in [-0.39, 0.29) is 25.5 Å². The van der Waals surface area contributed by atoms with E-state index in [0.717, 1.165) is 18.4 Å². The molecule has 0 aromatic heterocycles. The van der Waals surface area contributed by atoms with Gasteiger partial charge in [0.05, 0.1) is 12.6 Å². The van der Waals surface area contributed by atoms with E-state index in [9.17, 15) is 19.8 Å². The quantitative estimate of drug-likeness (QED) is 0.229. The Balaban J connectivity index is 1.35. The molecule has 2 aliphatic rings. The molecule has 1 aromatic rings. The number of aliphatic hydroxyl groups excluding tert-OH is 2. The monoisotopic (exact) mass is 550 g/mol. The number of ether oxygens (including phenoxy) is 2. The predicted octanol–water partition coefficient (Wildman–Crippen LogP) is 4.61. The number of piperidine rings is 1. The number of fused-ring (bicyclic) bond motifs is 1. The third kappa shape index (κ3) is 9.43. The lowest BCUT2D eigenvalue weighted by Gasteiger charge is -2.45. The molecule has 2 aliphatic heterocycles. The van der Waals surface area contributed by atoms with Gasteiger partial charge in [-0.25, -0.2) is 4.79 Å². The average molecular weight is 551 g/mol. The standard InChI is InChI=1S/C29H46N2O6S/c1-2-3-4-5-6-7-8-9-10-14-18-30-24(32)17-19-38-28-26(34)27(36-20-22-15-12-11-13-16-22)25(33)23-21-37-29(35)31(23)28/h11-13,15-16,23,25-28,33-34H,2-10,14,17-21H2,1H3,(H,30,32). The van der Waals surface area contributed by atoms with Crippen LogP contribution in [0.2, 0.25) is 0 Å². The number of cyclic esters (lactones) is 1. The molecular formula is C29H46N2O6S. The molecule has 2 fully saturated rings. The highest BCUT2D eigenvalue weighted by atomic mass is 32.2. The highest BCUT2D eigenvalue weighted by Crippen LogP contribution is 2.36. The topological polar surface area (TPSA) is 108 Å². The maximum atomic E-state index is 12.4. The summed E-state index contributed by atoms with van der Waals surface area (Å²) < 4.78 is 11.1. The van der Waals surface area contributed by atoms with E-state index in [1.54, 1.807) is 0 Å². The first-order chi connectivity index (χ1) is 18.5. The molecule has 0 aliphatic carbocycles. The lowest BCUT2D eigenvalue weighted by Crippen LogP contribution is -2.65. The van der Waals surface area contributed by atoms with Crippen molar-refractivity contribution in [3.05, 3.63) is 35.9 Å². The Morgan fingerprint density at radius 2 is 1.68 bits per heavy atom. The Morgan fingerprint density at radius 1 is 1.03 bits per heavy atom. The first-order valence-electron chi connectivity index (χ1n) is 14.4. The zero-order valence-corrected chi connectivity index (χ0v) is 23.6. The van der Waals surface area contributed by atoms with Crippen LogP contribution in [0, 0.1) is 0 Å². The highest BCUT2D eigenvalue weighted by molar-refractivity contribution is 7.99. The molecule has 5 unspecified atom stereocenters. The smallest absolute Gasteiger partial charge is 0.411 e. The van der Waals surface area contributed by atoms with E-state index in [1.165, 1.54) is 68.0 Å². The van der Waals surface area contributed by atoms with E-state index < -0.39 is 35.8 Å². The second-order valence-corrected chi connectivity index (χ2v) is 11.6. The minimum Gasteiger partial charge on any atom is -0.447 e. The number of nitrogens with zero attached hydrogens (tertiary/aromatic N) is 1. The van der Waals surface area contributed by atoms with Crippen LogP contribution in [0.15, 0.2) is 30.3 Å². The molecule has 1 aromatic carbocycles. The molecule has 0 saturated carbocycles. The van der Waals surface area contributed by atoms with Gasteiger partial charge in [-0.05, 0) is 12.0 Å². The molecule has 2 saturated heterocycles. The SMILES string of the molecule is CCCCCCCCCCCCNC(=O)CCSC1C(O)C(OCc2ccccc2)C(O)C2COC(=O)N21. The molecule has 5 atom stereocenters. The van der Waals surface area contributed by atoms with Gasteiger partial charge in [0.1, 0.15) is 30.3 Å². The van der Waals surface area contributed by atoms with Crippen LogP contribution in [-0.4, -0.2) is 75.7 Å². The number of amides is 2. The van der Waals surface area contributed by atoms with Crippen molar-refractivity contribution in [2.75, 3.05) is 18.9 Å². The minimum atomic E-state index is -1.12. The Hall–Kier alpha value is -1.81. The van der Waals surface area contributed by atoms with Gasteiger partial charge in [0.25, 0.3) is 0 Å². The first kappa shape index (κ1) is 30.7. The molecule has 214 valence electrons. The molecule has 2 heterocycles. The predicted molar refractivity (Wildman–Crippen MR) is 150 cm³/mol. The summed E-state index contributed by atoms with van der Waals surface area (Å²) in [6.45, 7) is 3.20. The van der Waals surface area contributed by atoms with Crippen molar-refractivity contribution in [2.24, 2.45) is 0 Å². The largest absolute Gasteiger partial charge is 0.447 e. The molecule has 0 bridgehead atoms. The van der Waals surface area contributed by atoms with Crippen molar-refractivity contribution in [1.29, 1.82) is 0 Å². The first-order valence-corrected chi connectivity index (χ1v) is 15.4. The van der Waals surface area contributed by atoms with Crippen LogP contribution in [-0.2, 0) is 20.9 Å². The summed E-state index contributed by atoms with van der Waals surface area (Å²) in [5.74, 6) is 0.403. The van der Waals surface area contributed by atoms with Crippen molar-refractivity contribution in [2.45, 2.75) is 114 Å². The van der Waals surface area contributed by atoms with Crippen LogP contribution in [0.5, 0.6) is 0 Å². The molecular weight excluding hydrogens is 504 g/mol. The molecule has 38 heavy (non-hydrogen) atoms. The van der Waals surface area contributed by atoms with E-state index in [1.807, 2.05) is 30.3 Å². The number of unbranched alkanes of at least 4 members (excludes halogenated alkanes) is 9. The Morgan fingerprint density at radius 3 is 2.37 bits per heavy atom. The van der Waals surface area contributed by atoms with Gasteiger partial charge in [0, 0.05) is 18.7 Å². The van der Waals surface area contributed by atoms with E-state index in [4.69, 9.17) is 9.47 Å². The van der Waals surface area contributed by atoms with Crippen molar-refractivity contribution in [3.8, 4) is 0 Å². The van der Waals surface area contributed by atoms with Crippen molar-refractivity contribution in [3.63, 3.8) is 0 Å². The zero-order chi connectivity index (χ0) is 27.2. The third-order valence-corrected chi connectivity index (χ3v) is 8.62. The maximum absolute atomic E-state index is 12.4. The second-order valence-electron chi connectivity index (χ2n) is 10.3. The summed E-state index contributed by atoms with van der Waals surface area (Å²) in [6, 6.07) is 8.95. The number of aliphatic hydroxyl groups is 2. The number of nitrogens with one attached hydrogen (secondary N) is 1. The highest BCUT2D eigenvalue weighted by Gasteiger charge is 2.54. The fraction of sp³-hybridized carbons (Fsp3) is 0.724. The van der Waals surface area contributed by atoms with Crippen molar-refractivity contribution >= 4 is 23.8 Å². The van der Waals surface area contributed by atoms with Crippen molar-refractivity contribution in [1.82, 2.24) is 10.2 Å². The van der Waals surface area contributed by atoms with Gasteiger partial charge < -0.3 is 25.0 Å². The summed E-state index contributed by atoms with van der Waals surface area (Å²) in [4.78, 5) is 26.1. The summed E-state index contributed by atoms with van der Waals surface area (Å²) >= 11 is 1.32. The number of thioether (sulfide) groups is 1. The van der Waals surface area contributed by atoms with Crippen LogP contribution < -0.4 is 5.32 Å². The number of carbonyl (C=O) groups excluding carboxylic acids is 2. The number of rotatable bonds is 18. The lowest BCUT2D eigenvalue weighted by atomic mass is 9.94.